The van der Waals surface area contributed by atoms with Crippen LogP contribution in [0.3, 0.4) is 0 Å². The second-order valence-corrected chi connectivity index (χ2v) is 5.31. The summed E-state index contributed by atoms with van der Waals surface area (Å²) in [6.07, 6.45) is 6.21. The molecule has 5 heteroatoms. The van der Waals surface area contributed by atoms with Gasteiger partial charge in [-0.15, -0.1) is 0 Å². The summed E-state index contributed by atoms with van der Waals surface area (Å²) in [6, 6.07) is 0.303. The number of carbonyl (C=O) groups excluding carboxylic acids is 1. The van der Waals surface area contributed by atoms with Gasteiger partial charge in [-0.3, -0.25) is 4.68 Å². The third-order valence-electron chi connectivity index (χ3n) is 3.80. The van der Waals surface area contributed by atoms with E-state index in [-0.39, 0.29) is 12.1 Å². The van der Waals surface area contributed by atoms with E-state index in [0.717, 1.165) is 5.56 Å². The standard InChI is InChI=1S/C13H22N4O/c1-9(12-7-14-16(3)8-12)15-13(18)17(4)10(2)11-5-6-11/h7-11H,5-6H2,1-4H3,(H,15,18)/t9-,10-/m0/s1. The minimum absolute atomic E-state index is 0.00856. The predicted molar refractivity (Wildman–Crippen MR) is 70.1 cm³/mol. The van der Waals surface area contributed by atoms with E-state index in [1.54, 1.807) is 10.9 Å². The first-order valence-corrected chi connectivity index (χ1v) is 6.51. The van der Waals surface area contributed by atoms with Crippen LogP contribution in [0, 0.1) is 5.92 Å². The fourth-order valence-electron chi connectivity index (χ4n) is 2.11. The zero-order chi connectivity index (χ0) is 13.3. The molecule has 0 spiro atoms. The van der Waals surface area contributed by atoms with Crippen LogP contribution in [-0.4, -0.2) is 33.8 Å². The van der Waals surface area contributed by atoms with Crippen LogP contribution in [0.4, 0.5) is 4.79 Å². The van der Waals surface area contributed by atoms with Gasteiger partial charge in [-0.2, -0.15) is 5.10 Å². The SMILES string of the molecule is C[C@H](NC(=O)N(C)[C@@H](C)C1CC1)c1cnn(C)c1. The molecule has 1 heterocycles. The molecule has 2 amide bonds. The predicted octanol–water partition coefficient (Wildman–Crippen LogP) is 1.92. The first kappa shape index (κ1) is 12.9. The van der Waals surface area contributed by atoms with E-state index >= 15 is 0 Å². The molecule has 0 bridgehead atoms. The van der Waals surface area contributed by atoms with Crippen LogP contribution in [0.2, 0.25) is 0 Å². The van der Waals surface area contributed by atoms with Gasteiger partial charge in [-0.25, -0.2) is 4.79 Å². The van der Waals surface area contributed by atoms with Crippen molar-refractivity contribution in [2.24, 2.45) is 13.0 Å². The number of hydrogen-bond acceptors (Lipinski definition) is 2. The van der Waals surface area contributed by atoms with Crippen molar-refractivity contribution in [3.05, 3.63) is 18.0 Å². The number of nitrogens with zero attached hydrogens (tertiary/aromatic N) is 3. The molecule has 18 heavy (non-hydrogen) atoms. The van der Waals surface area contributed by atoms with Crippen molar-refractivity contribution in [2.75, 3.05) is 7.05 Å². The molecule has 1 aliphatic carbocycles. The summed E-state index contributed by atoms with van der Waals surface area (Å²) < 4.78 is 1.74. The van der Waals surface area contributed by atoms with Crippen LogP contribution in [-0.2, 0) is 7.05 Å². The lowest BCUT2D eigenvalue weighted by Crippen LogP contribution is -2.44. The summed E-state index contributed by atoms with van der Waals surface area (Å²) in [4.78, 5) is 13.9. The van der Waals surface area contributed by atoms with Gasteiger partial charge in [-0.1, -0.05) is 0 Å². The monoisotopic (exact) mass is 250 g/mol. The summed E-state index contributed by atoms with van der Waals surface area (Å²) >= 11 is 0. The van der Waals surface area contributed by atoms with Crippen molar-refractivity contribution in [3.63, 3.8) is 0 Å². The normalized spacial score (nSPS) is 18.2. The summed E-state index contributed by atoms with van der Waals surface area (Å²) in [5.74, 6) is 0.689. The average molecular weight is 250 g/mol. The van der Waals surface area contributed by atoms with Crippen LogP contribution in [0.25, 0.3) is 0 Å². The van der Waals surface area contributed by atoms with E-state index < -0.39 is 0 Å². The Labute approximate surface area is 108 Å². The summed E-state index contributed by atoms with van der Waals surface area (Å²) in [6.45, 7) is 4.09. The van der Waals surface area contributed by atoms with Gasteiger partial charge in [0.15, 0.2) is 0 Å². The molecule has 5 nitrogen and oxygen atoms in total. The number of aryl methyl sites for hydroxylation is 1. The van der Waals surface area contributed by atoms with Gasteiger partial charge in [0.1, 0.15) is 0 Å². The number of aromatic nitrogens is 2. The van der Waals surface area contributed by atoms with E-state index in [1.807, 2.05) is 32.1 Å². The summed E-state index contributed by atoms with van der Waals surface area (Å²) in [5, 5.41) is 7.12. The number of carbonyl (C=O) groups is 1. The maximum absolute atomic E-state index is 12.1. The van der Waals surface area contributed by atoms with Gasteiger partial charge in [-0.05, 0) is 32.6 Å². The Hall–Kier alpha value is -1.52. The summed E-state index contributed by atoms with van der Waals surface area (Å²) in [7, 11) is 3.74. The highest BCUT2D eigenvalue weighted by Crippen LogP contribution is 2.34. The maximum Gasteiger partial charge on any atom is 0.317 e. The number of amides is 2. The Kier molecular flexibility index (Phi) is 3.59. The summed E-state index contributed by atoms with van der Waals surface area (Å²) in [5.41, 5.74) is 1.03. The van der Waals surface area contributed by atoms with E-state index in [2.05, 4.69) is 17.3 Å². The van der Waals surface area contributed by atoms with Crippen molar-refractivity contribution in [3.8, 4) is 0 Å². The Morgan fingerprint density at radius 3 is 2.72 bits per heavy atom. The minimum Gasteiger partial charge on any atom is -0.331 e. The topological polar surface area (TPSA) is 50.2 Å². The van der Waals surface area contributed by atoms with Crippen molar-refractivity contribution in [2.45, 2.75) is 38.8 Å². The van der Waals surface area contributed by atoms with Crippen molar-refractivity contribution >= 4 is 6.03 Å². The van der Waals surface area contributed by atoms with Gasteiger partial charge in [0, 0.05) is 31.9 Å². The molecule has 1 saturated carbocycles. The lowest BCUT2D eigenvalue weighted by Gasteiger charge is -2.26. The van der Waals surface area contributed by atoms with Crippen LogP contribution in [0.5, 0.6) is 0 Å². The van der Waals surface area contributed by atoms with E-state index in [9.17, 15) is 4.79 Å². The lowest BCUT2D eigenvalue weighted by atomic mass is 10.2. The fourth-order valence-corrected chi connectivity index (χ4v) is 2.11. The first-order chi connectivity index (χ1) is 8.49. The van der Waals surface area contributed by atoms with Crippen LogP contribution in [0.1, 0.15) is 38.3 Å². The quantitative estimate of drug-likeness (QED) is 0.887. The van der Waals surface area contributed by atoms with Crippen molar-refractivity contribution in [1.82, 2.24) is 20.0 Å². The van der Waals surface area contributed by atoms with Crippen molar-refractivity contribution < 1.29 is 4.79 Å². The number of hydrogen-bond donors (Lipinski definition) is 1. The van der Waals surface area contributed by atoms with Crippen LogP contribution in [0.15, 0.2) is 12.4 Å². The fraction of sp³-hybridized carbons (Fsp3) is 0.692. The van der Waals surface area contributed by atoms with E-state index in [1.165, 1.54) is 12.8 Å². The van der Waals surface area contributed by atoms with Crippen LogP contribution >= 0.6 is 0 Å². The Bertz CT molecular complexity index is 424. The van der Waals surface area contributed by atoms with Gasteiger partial charge >= 0.3 is 6.03 Å². The number of urea groups is 1. The molecule has 100 valence electrons. The molecular weight excluding hydrogens is 228 g/mol. The smallest absolute Gasteiger partial charge is 0.317 e. The van der Waals surface area contributed by atoms with Gasteiger partial charge < -0.3 is 10.2 Å². The highest BCUT2D eigenvalue weighted by molar-refractivity contribution is 5.74. The maximum atomic E-state index is 12.1. The first-order valence-electron chi connectivity index (χ1n) is 6.51. The molecule has 2 atom stereocenters. The molecule has 1 aliphatic rings. The van der Waals surface area contributed by atoms with E-state index in [0.29, 0.717) is 12.0 Å². The van der Waals surface area contributed by atoms with Gasteiger partial charge in [0.2, 0.25) is 0 Å². The molecule has 0 aliphatic heterocycles. The molecule has 0 aromatic carbocycles. The number of rotatable bonds is 4. The Morgan fingerprint density at radius 1 is 1.56 bits per heavy atom. The molecule has 1 aromatic heterocycles. The zero-order valence-corrected chi connectivity index (χ0v) is 11.6. The molecule has 2 rings (SSSR count). The zero-order valence-electron chi connectivity index (χ0n) is 11.6. The molecular formula is C13H22N4O. The molecule has 1 fully saturated rings. The Morgan fingerprint density at radius 2 is 2.22 bits per heavy atom. The van der Waals surface area contributed by atoms with Gasteiger partial charge in [0.05, 0.1) is 12.2 Å². The second-order valence-electron chi connectivity index (χ2n) is 5.31. The van der Waals surface area contributed by atoms with Crippen LogP contribution < -0.4 is 5.32 Å². The lowest BCUT2D eigenvalue weighted by molar-refractivity contribution is 0.185. The Balaban J connectivity index is 1.90. The highest BCUT2D eigenvalue weighted by Gasteiger charge is 2.32. The third-order valence-corrected chi connectivity index (χ3v) is 3.80. The molecule has 0 saturated heterocycles. The van der Waals surface area contributed by atoms with Crippen molar-refractivity contribution in [1.29, 1.82) is 0 Å². The number of nitrogens with one attached hydrogen (secondary N) is 1. The molecule has 1 aromatic rings. The minimum atomic E-state index is -0.0138. The molecule has 0 unspecified atom stereocenters. The van der Waals surface area contributed by atoms with E-state index in [4.69, 9.17) is 0 Å². The molecule has 0 radical (unpaired) electrons. The average Bonchev–Trinajstić information content (AvgIpc) is 3.09. The molecule has 1 N–H and O–H groups in total. The second kappa shape index (κ2) is 5.00. The third kappa shape index (κ3) is 2.83. The highest BCUT2D eigenvalue weighted by atomic mass is 16.2. The van der Waals surface area contributed by atoms with Gasteiger partial charge in [0.25, 0.3) is 0 Å². The largest absolute Gasteiger partial charge is 0.331 e.